The molecule has 1 fully saturated rings. The highest BCUT2D eigenvalue weighted by molar-refractivity contribution is 5.56. The molecule has 1 aliphatic rings. The molecule has 3 nitrogen and oxygen atoms in total. The van der Waals surface area contributed by atoms with Crippen molar-refractivity contribution < 1.29 is 4.39 Å². The lowest BCUT2D eigenvalue weighted by molar-refractivity contribution is 0.337. The third kappa shape index (κ3) is 3.25. The predicted molar refractivity (Wildman–Crippen MR) is 77.9 cm³/mol. The van der Waals surface area contributed by atoms with E-state index in [4.69, 9.17) is 5.73 Å². The second kappa shape index (κ2) is 5.88. The van der Waals surface area contributed by atoms with Crippen molar-refractivity contribution in [1.82, 2.24) is 4.90 Å². The van der Waals surface area contributed by atoms with Crippen LogP contribution >= 0.6 is 0 Å². The van der Waals surface area contributed by atoms with E-state index < -0.39 is 0 Å². The highest BCUT2D eigenvalue weighted by Gasteiger charge is 2.22. The largest absolute Gasteiger partial charge is 0.367 e. The van der Waals surface area contributed by atoms with Gasteiger partial charge in [-0.3, -0.25) is 0 Å². The maximum absolute atomic E-state index is 13.4. The Morgan fingerprint density at radius 1 is 1.37 bits per heavy atom. The van der Waals surface area contributed by atoms with Crippen molar-refractivity contribution in [3.8, 4) is 0 Å². The molecule has 0 saturated carbocycles. The quantitative estimate of drug-likeness (QED) is 0.891. The van der Waals surface area contributed by atoms with Crippen molar-refractivity contribution in [2.24, 2.45) is 5.73 Å². The number of nitrogens with zero attached hydrogens (tertiary/aromatic N) is 2. The van der Waals surface area contributed by atoms with Crippen LogP contribution < -0.4 is 10.6 Å². The Morgan fingerprint density at radius 3 is 2.79 bits per heavy atom. The average Bonchev–Trinajstić information content (AvgIpc) is 2.50. The van der Waals surface area contributed by atoms with Gasteiger partial charge in [-0.15, -0.1) is 0 Å². The number of nitrogens with two attached hydrogens (primary N) is 1. The molecule has 1 heterocycles. The van der Waals surface area contributed by atoms with Gasteiger partial charge in [0.15, 0.2) is 0 Å². The summed E-state index contributed by atoms with van der Waals surface area (Å²) in [5.41, 5.74) is 7.98. The summed E-state index contributed by atoms with van der Waals surface area (Å²) in [7, 11) is 2.15. The SMILES string of the molecule is CC1CN(C)CCCN1c1ccc(F)cc1[C@H](C)N. The lowest BCUT2D eigenvalue weighted by atomic mass is 10.0. The smallest absolute Gasteiger partial charge is 0.123 e. The van der Waals surface area contributed by atoms with Crippen LogP contribution in [-0.4, -0.2) is 37.6 Å². The zero-order valence-electron chi connectivity index (χ0n) is 12.1. The number of hydrogen-bond acceptors (Lipinski definition) is 3. The zero-order valence-corrected chi connectivity index (χ0v) is 12.1. The normalized spacial score (nSPS) is 23.2. The van der Waals surface area contributed by atoms with Crippen LogP contribution in [0.25, 0.3) is 0 Å². The van der Waals surface area contributed by atoms with Crippen molar-refractivity contribution >= 4 is 5.69 Å². The van der Waals surface area contributed by atoms with Gasteiger partial charge in [0.05, 0.1) is 0 Å². The number of anilines is 1. The van der Waals surface area contributed by atoms with E-state index in [1.807, 2.05) is 13.0 Å². The second-order valence-corrected chi connectivity index (χ2v) is 5.65. The van der Waals surface area contributed by atoms with Crippen molar-refractivity contribution in [3.63, 3.8) is 0 Å². The fraction of sp³-hybridized carbons (Fsp3) is 0.600. The number of rotatable bonds is 2. The third-order valence-corrected chi connectivity index (χ3v) is 3.84. The van der Waals surface area contributed by atoms with Gasteiger partial charge >= 0.3 is 0 Å². The topological polar surface area (TPSA) is 32.5 Å². The summed E-state index contributed by atoms with van der Waals surface area (Å²) < 4.78 is 13.4. The third-order valence-electron chi connectivity index (χ3n) is 3.84. The Kier molecular flexibility index (Phi) is 4.42. The summed E-state index contributed by atoms with van der Waals surface area (Å²) in [6, 6.07) is 5.23. The summed E-state index contributed by atoms with van der Waals surface area (Å²) in [6.45, 7) is 7.26. The Hall–Kier alpha value is -1.13. The molecule has 2 atom stereocenters. The highest BCUT2D eigenvalue weighted by Crippen LogP contribution is 2.29. The first-order chi connectivity index (χ1) is 8.99. The lowest BCUT2D eigenvalue weighted by Gasteiger charge is -2.32. The van der Waals surface area contributed by atoms with E-state index in [1.54, 1.807) is 6.07 Å². The first-order valence-electron chi connectivity index (χ1n) is 6.99. The standard InChI is InChI=1S/C15H24FN3/c1-11-10-18(3)7-4-8-19(11)15-6-5-13(16)9-14(15)12(2)17/h5-6,9,11-12H,4,7-8,10,17H2,1-3H3/t11?,12-/m0/s1. The van der Waals surface area contributed by atoms with Crippen molar-refractivity contribution in [3.05, 3.63) is 29.6 Å². The summed E-state index contributed by atoms with van der Waals surface area (Å²) in [4.78, 5) is 4.71. The van der Waals surface area contributed by atoms with Gasteiger partial charge < -0.3 is 15.5 Å². The summed E-state index contributed by atoms with van der Waals surface area (Å²) >= 11 is 0. The van der Waals surface area contributed by atoms with Crippen LogP contribution in [0.1, 0.15) is 31.9 Å². The molecule has 106 valence electrons. The van der Waals surface area contributed by atoms with E-state index in [9.17, 15) is 4.39 Å². The maximum atomic E-state index is 13.4. The maximum Gasteiger partial charge on any atom is 0.123 e. The molecular weight excluding hydrogens is 241 g/mol. The molecule has 1 aromatic carbocycles. The number of halogens is 1. The Labute approximate surface area is 115 Å². The average molecular weight is 265 g/mol. The first-order valence-corrected chi connectivity index (χ1v) is 6.99. The van der Waals surface area contributed by atoms with E-state index in [1.165, 1.54) is 6.07 Å². The molecule has 1 aliphatic heterocycles. The minimum absolute atomic E-state index is 0.154. The summed E-state index contributed by atoms with van der Waals surface area (Å²) in [5, 5.41) is 0. The van der Waals surface area contributed by atoms with Gasteiger partial charge in [0.1, 0.15) is 5.82 Å². The van der Waals surface area contributed by atoms with Gasteiger partial charge in [-0.25, -0.2) is 4.39 Å². The molecule has 0 spiro atoms. The highest BCUT2D eigenvalue weighted by atomic mass is 19.1. The molecule has 0 radical (unpaired) electrons. The van der Waals surface area contributed by atoms with Gasteiger partial charge in [0, 0.05) is 30.9 Å². The minimum Gasteiger partial charge on any atom is -0.367 e. The van der Waals surface area contributed by atoms with Crippen molar-refractivity contribution in [1.29, 1.82) is 0 Å². The molecule has 4 heteroatoms. The van der Waals surface area contributed by atoms with E-state index in [0.29, 0.717) is 6.04 Å². The van der Waals surface area contributed by atoms with Crippen LogP contribution in [0.4, 0.5) is 10.1 Å². The van der Waals surface area contributed by atoms with Crippen LogP contribution in [0, 0.1) is 5.82 Å². The summed E-state index contributed by atoms with van der Waals surface area (Å²) in [5.74, 6) is -0.212. The van der Waals surface area contributed by atoms with Gasteiger partial charge in [0.2, 0.25) is 0 Å². The predicted octanol–water partition coefficient (Wildman–Crippen LogP) is 2.38. The van der Waals surface area contributed by atoms with E-state index in [0.717, 1.165) is 37.3 Å². The molecule has 1 saturated heterocycles. The molecule has 0 aromatic heterocycles. The van der Waals surface area contributed by atoms with Crippen molar-refractivity contribution in [2.75, 3.05) is 31.6 Å². The van der Waals surface area contributed by atoms with E-state index in [2.05, 4.69) is 23.8 Å². The van der Waals surface area contributed by atoms with Crippen molar-refractivity contribution in [2.45, 2.75) is 32.4 Å². The Morgan fingerprint density at radius 2 is 2.11 bits per heavy atom. The molecule has 2 N–H and O–H groups in total. The molecule has 0 aliphatic carbocycles. The van der Waals surface area contributed by atoms with E-state index in [-0.39, 0.29) is 11.9 Å². The fourth-order valence-electron chi connectivity index (χ4n) is 2.88. The van der Waals surface area contributed by atoms with Crippen LogP contribution in [0.5, 0.6) is 0 Å². The number of likely N-dealkylation sites (N-methyl/N-ethyl adjacent to an activating group) is 1. The molecule has 0 amide bonds. The molecule has 19 heavy (non-hydrogen) atoms. The molecule has 2 rings (SSSR count). The second-order valence-electron chi connectivity index (χ2n) is 5.65. The molecule has 0 bridgehead atoms. The van der Waals surface area contributed by atoms with Gasteiger partial charge in [-0.2, -0.15) is 0 Å². The van der Waals surface area contributed by atoms with Gasteiger partial charge in [-0.1, -0.05) is 0 Å². The fourth-order valence-corrected chi connectivity index (χ4v) is 2.88. The Bertz CT molecular complexity index is 433. The van der Waals surface area contributed by atoms with Crippen LogP contribution in [-0.2, 0) is 0 Å². The molecule has 1 aromatic rings. The Balaban J connectivity index is 2.34. The molecular formula is C15H24FN3. The monoisotopic (exact) mass is 265 g/mol. The van der Waals surface area contributed by atoms with Gasteiger partial charge in [-0.05, 0) is 57.6 Å². The number of benzene rings is 1. The first kappa shape index (κ1) is 14.3. The zero-order chi connectivity index (χ0) is 14.0. The molecule has 1 unspecified atom stereocenters. The van der Waals surface area contributed by atoms with E-state index >= 15 is 0 Å². The van der Waals surface area contributed by atoms with Crippen LogP contribution in [0.2, 0.25) is 0 Å². The van der Waals surface area contributed by atoms with Crippen LogP contribution in [0.3, 0.4) is 0 Å². The van der Waals surface area contributed by atoms with Crippen LogP contribution in [0.15, 0.2) is 18.2 Å². The van der Waals surface area contributed by atoms with Gasteiger partial charge in [0.25, 0.3) is 0 Å². The lowest BCUT2D eigenvalue weighted by Crippen LogP contribution is -2.38. The minimum atomic E-state index is -0.212. The number of hydrogen-bond donors (Lipinski definition) is 1. The summed E-state index contributed by atoms with van der Waals surface area (Å²) in [6.07, 6.45) is 1.12.